The van der Waals surface area contributed by atoms with Crippen molar-refractivity contribution in [3.8, 4) is 0 Å². The minimum atomic E-state index is -0.643. The Labute approximate surface area is 105 Å². The third kappa shape index (κ3) is 1.63. The summed E-state index contributed by atoms with van der Waals surface area (Å²) in [5, 5.41) is 0. The molecule has 0 bridgehead atoms. The van der Waals surface area contributed by atoms with Crippen LogP contribution in [0.4, 0.5) is 0 Å². The van der Waals surface area contributed by atoms with Crippen LogP contribution in [0.1, 0.15) is 30.6 Å². The Balaban J connectivity index is 2.06. The maximum Gasteiger partial charge on any atom is 0.307 e. The highest BCUT2D eigenvalue weighted by molar-refractivity contribution is 5.74. The summed E-state index contributed by atoms with van der Waals surface area (Å²) in [4.78, 5) is 11.7. The van der Waals surface area contributed by atoms with Crippen LogP contribution in [0.15, 0.2) is 53.1 Å². The molecule has 2 atom stereocenters. The van der Waals surface area contributed by atoms with E-state index < -0.39 is 5.60 Å². The van der Waals surface area contributed by atoms with Crippen molar-refractivity contribution in [3.63, 3.8) is 0 Å². The summed E-state index contributed by atoms with van der Waals surface area (Å²) in [7, 11) is 0. The van der Waals surface area contributed by atoms with Gasteiger partial charge in [0.05, 0.1) is 18.6 Å². The van der Waals surface area contributed by atoms with Crippen molar-refractivity contribution in [1.29, 1.82) is 0 Å². The Bertz CT molecular complexity index is 544. The molecule has 3 nitrogen and oxygen atoms in total. The van der Waals surface area contributed by atoms with Gasteiger partial charge >= 0.3 is 5.97 Å². The van der Waals surface area contributed by atoms with E-state index in [9.17, 15) is 4.79 Å². The van der Waals surface area contributed by atoms with Crippen LogP contribution >= 0.6 is 0 Å². The molecular formula is C15H14O3. The summed E-state index contributed by atoms with van der Waals surface area (Å²) < 4.78 is 11.0. The normalized spacial score (nSPS) is 27.2. The Morgan fingerprint density at radius 1 is 1.17 bits per heavy atom. The van der Waals surface area contributed by atoms with Gasteiger partial charge in [-0.15, -0.1) is 0 Å². The van der Waals surface area contributed by atoms with E-state index in [0.29, 0.717) is 6.42 Å². The molecule has 3 rings (SSSR count). The van der Waals surface area contributed by atoms with E-state index >= 15 is 0 Å². The van der Waals surface area contributed by atoms with Crippen LogP contribution in [0.25, 0.3) is 0 Å². The van der Waals surface area contributed by atoms with Crippen molar-refractivity contribution in [2.75, 3.05) is 0 Å². The van der Waals surface area contributed by atoms with Crippen molar-refractivity contribution < 1.29 is 13.9 Å². The second-order valence-corrected chi connectivity index (χ2v) is 4.72. The molecule has 0 radical (unpaired) electrons. The molecule has 1 aliphatic rings. The van der Waals surface area contributed by atoms with Gasteiger partial charge in [-0.1, -0.05) is 30.3 Å². The van der Waals surface area contributed by atoms with Crippen molar-refractivity contribution >= 4 is 5.97 Å². The highest BCUT2D eigenvalue weighted by Gasteiger charge is 2.48. The largest absolute Gasteiger partial charge is 0.469 e. The highest BCUT2D eigenvalue weighted by atomic mass is 16.6. The van der Waals surface area contributed by atoms with Crippen LogP contribution in [0.2, 0.25) is 0 Å². The quantitative estimate of drug-likeness (QED) is 0.759. The second-order valence-electron chi connectivity index (χ2n) is 4.72. The topological polar surface area (TPSA) is 39.4 Å². The van der Waals surface area contributed by atoms with Gasteiger partial charge in [-0.3, -0.25) is 4.79 Å². The predicted molar refractivity (Wildman–Crippen MR) is 66.0 cm³/mol. The van der Waals surface area contributed by atoms with E-state index in [2.05, 4.69) is 0 Å². The van der Waals surface area contributed by atoms with E-state index in [4.69, 9.17) is 9.15 Å². The first-order valence-electron chi connectivity index (χ1n) is 6.01. The Morgan fingerprint density at radius 3 is 2.61 bits per heavy atom. The van der Waals surface area contributed by atoms with Crippen LogP contribution in [0.5, 0.6) is 0 Å². The second kappa shape index (κ2) is 4.02. The fourth-order valence-corrected chi connectivity index (χ4v) is 2.60. The van der Waals surface area contributed by atoms with E-state index in [-0.39, 0.29) is 11.9 Å². The Morgan fingerprint density at radius 2 is 1.94 bits per heavy atom. The van der Waals surface area contributed by atoms with Gasteiger partial charge < -0.3 is 9.15 Å². The number of benzene rings is 1. The van der Waals surface area contributed by atoms with E-state index in [0.717, 1.165) is 11.3 Å². The first-order valence-corrected chi connectivity index (χ1v) is 6.01. The lowest BCUT2D eigenvalue weighted by Gasteiger charge is -2.28. The Kier molecular flexibility index (Phi) is 2.47. The molecule has 1 aromatic carbocycles. The number of carbonyl (C=O) groups is 1. The maximum absolute atomic E-state index is 11.7. The lowest BCUT2D eigenvalue weighted by molar-refractivity contribution is -0.148. The molecule has 1 aliphatic heterocycles. The van der Waals surface area contributed by atoms with Crippen LogP contribution in [-0.4, -0.2) is 5.97 Å². The van der Waals surface area contributed by atoms with Gasteiger partial charge in [0.2, 0.25) is 0 Å². The predicted octanol–water partition coefficient (Wildman–Crippen LogP) is 3.23. The van der Waals surface area contributed by atoms with Crippen LogP contribution in [0.3, 0.4) is 0 Å². The molecule has 0 saturated carbocycles. The molecule has 2 aromatic rings. The average Bonchev–Trinajstić information content (AvgIpc) is 2.99. The van der Waals surface area contributed by atoms with E-state index in [1.165, 1.54) is 0 Å². The molecule has 1 fully saturated rings. The number of furan rings is 1. The summed E-state index contributed by atoms with van der Waals surface area (Å²) in [6, 6.07) is 13.5. The monoisotopic (exact) mass is 242 g/mol. The summed E-state index contributed by atoms with van der Waals surface area (Å²) in [6.07, 6.45) is 1.99. The molecular weight excluding hydrogens is 228 g/mol. The van der Waals surface area contributed by atoms with Crippen LogP contribution in [-0.2, 0) is 15.1 Å². The zero-order chi connectivity index (χ0) is 12.6. The minimum Gasteiger partial charge on any atom is -0.469 e. The Hall–Kier alpha value is -2.03. The summed E-state index contributed by atoms with van der Waals surface area (Å²) >= 11 is 0. The van der Waals surface area contributed by atoms with Crippen molar-refractivity contribution in [2.45, 2.75) is 24.9 Å². The molecule has 0 unspecified atom stereocenters. The number of esters is 1. The molecule has 0 aliphatic carbocycles. The van der Waals surface area contributed by atoms with Gasteiger partial charge in [0.1, 0.15) is 11.4 Å². The minimum absolute atomic E-state index is 0.0672. The number of ether oxygens (including phenoxy) is 1. The third-order valence-electron chi connectivity index (χ3n) is 3.60. The number of carbonyl (C=O) groups excluding carboxylic acids is 1. The number of rotatable bonds is 2. The highest BCUT2D eigenvalue weighted by Crippen LogP contribution is 2.47. The van der Waals surface area contributed by atoms with Crippen molar-refractivity contribution in [3.05, 3.63) is 60.1 Å². The zero-order valence-corrected chi connectivity index (χ0v) is 10.1. The number of cyclic esters (lactones) is 1. The smallest absolute Gasteiger partial charge is 0.307 e. The summed E-state index contributed by atoms with van der Waals surface area (Å²) in [5.74, 6) is 0.553. The SMILES string of the molecule is C[C@@]1(c2ccccc2)OC(=O)C[C@H]1c1ccco1. The molecule has 92 valence electrons. The first kappa shape index (κ1) is 11.1. The lowest BCUT2D eigenvalue weighted by Crippen LogP contribution is -2.27. The van der Waals surface area contributed by atoms with Gasteiger partial charge in [0, 0.05) is 0 Å². The van der Waals surface area contributed by atoms with Gasteiger partial charge in [0.15, 0.2) is 0 Å². The van der Waals surface area contributed by atoms with Crippen LogP contribution < -0.4 is 0 Å². The zero-order valence-electron chi connectivity index (χ0n) is 10.1. The van der Waals surface area contributed by atoms with Crippen molar-refractivity contribution in [1.82, 2.24) is 0 Å². The molecule has 0 amide bonds. The van der Waals surface area contributed by atoms with Crippen molar-refractivity contribution in [2.24, 2.45) is 0 Å². The van der Waals surface area contributed by atoms with Gasteiger partial charge in [-0.25, -0.2) is 0 Å². The molecule has 0 spiro atoms. The van der Waals surface area contributed by atoms with Gasteiger partial charge in [-0.05, 0) is 24.6 Å². The summed E-state index contributed by atoms with van der Waals surface area (Å²) in [5.41, 5.74) is 0.355. The summed E-state index contributed by atoms with van der Waals surface area (Å²) in [6.45, 7) is 1.94. The fourth-order valence-electron chi connectivity index (χ4n) is 2.60. The molecule has 1 aromatic heterocycles. The number of hydrogen-bond acceptors (Lipinski definition) is 3. The third-order valence-corrected chi connectivity index (χ3v) is 3.60. The standard InChI is InChI=1S/C15H14O3/c1-15(11-6-3-2-4-7-11)12(10-14(16)18-15)13-8-5-9-17-13/h2-9,12H,10H2,1H3/t12-,15-/m0/s1. The fraction of sp³-hybridized carbons (Fsp3) is 0.267. The first-order chi connectivity index (χ1) is 8.70. The van der Waals surface area contributed by atoms with Gasteiger partial charge in [-0.2, -0.15) is 0 Å². The van der Waals surface area contributed by atoms with Crippen LogP contribution in [0, 0.1) is 0 Å². The lowest BCUT2D eigenvalue weighted by atomic mass is 9.81. The molecule has 1 saturated heterocycles. The number of hydrogen-bond donors (Lipinski definition) is 0. The maximum atomic E-state index is 11.7. The molecule has 18 heavy (non-hydrogen) atoms. The van der Waals surface area contributed by atoms with E-state index in [1.54, 1.807) is 6.26 Å². The van der Waals surface area contributed by atoms with E-state index in [1.807, 2.05) is 49.4 Å². The molecule has 2 heterocycles. The van der Waals surface area contributed by atoms with Gasteiger partial charge in [0.25, 0.3) is 0 Å². The molecule has 3 heteroatoms. The molecule has 0 N–H and O–H groups in total. The average molecular weight is 242 g/mol.